The van der Waals surface area contributed by atoms with Gasteiger partial charge < -0.3 is 0 Å². The number of anilines is 1. The summed E-state index contributed by atoms with van der Waals surface area (Å²) in [5.74, 6) is -0.103. The molecule has 138 valence electrons. The number of thiazole rings is 1. The monoisotopic (exact) mass is 399 g/mol. The number of carbonyl (C=O) groups is 1. The van der Waals surface area contributed by atoms with Gasteiger partial charge in [0.05, 0.1) is 33.2 Å². The molecule has 3 rings (SSSR count). The maximum Gasteiger partial charge on any atom is 0.278 e. The van der Waals surface area contributed by atoms with E-state index < -0.39 is 5.91 Å². The van der Waals surface area contributed by atoms with Crippen LogP contribution in [0.15, 0.2) is 33.3 Å². The minimum absolute atomic E-state index is 0.176. The van der Waals surface area contributed by atoms with Crippen molar-refractivity contribution in [3.05, 3.63) is 46.0 Å². The van der Waals surface area contributed by atoms with E-state index in [0.717, 1.165) is 9.90 Å². The lowest BCUT2D eigenvalue weighted by Gasteiger charge is -2.12. The predicted octanol–water partition coefficient (Wildman–Crippen LogP) is 3.61. The van der Waals surface area contributed by atoms with Gasteiger partial charge >= 0.3 is 0 Å². The first-order chi connectivity index (χ1) is 12.9. The molecule has 0 saturated carbocycles. The minimum Gasteiger partial charge on any atom is -0.296 e. The number of hydrogen-bond acceptors (Lipinski definition) is 7. The number of benzene rings is 1. The van der Waals surface area contributed by atoms with Crippen LogP contribution in [0.3, 0.4) is 0 Å². The molecule has 1 aromatic carbocycles. The fourth-order valence-electron chi connectivity index (χ4n) is 2.55. The molecule has 0 aliphatic carbocycles. The summed E-state index contributed by atoms with van der Waals surface area (Å²) in [7, 11) is 0. The Morgan fingerprint density at radius 2 is 2.07 bits per heavy atom. The topological polar surface area (TPSA) is 101 Å². The Morgan fingerprint density at radius 1 is 1.37 bits per heavy atom. The Kier molecular flexibility index (Phi) is 5.58. The summed E-state index contributed by atoms with van der Waals surface area (Å²) in [6.07, 6.45) is 0. The van der Waals surface area contributed by atoms with E-state index in [4.69, 9.17) is 5.26 Å². The van der Waals surface area contributed by atoms with Crippen LogP contribution in [0.1, 0.15) is 36.1 Å². The molecule has 7 nitrogen and oxygen atoms in total. The first-order valence-electron chi connectivity index (χ1n) is 8.22. The summed E-state index contributed by atoms with van der Waals surface area (Å²) in [4.78, 5) is 29.8. The van der Waals surface area contributed by atoms with Gasteiger partial charge in [-0.1, -0.05) is 41.3 Å². The normalized spacial score (nSPS) is 10.9. The van der Waals surface area contributed by atoms with Gasteiger partial charge in [-0.25, -0.2) is 9.67 Å². The van der Waals surface area contributed by atoms with E-state index >= 15 is 0 Å². The molecule has 0 bridgehead atoms. The van der Waals surface area contributed by atoms with Crippen molar-refractivity contribution in [2.75, 3.05) is 11.1 Å². The highest BCUT2D eigenvalue weighted by Gasteiger charge is 2.19. The quantitative estimate of drug-likeness (QED) is 0.658. The van der Waals surface area contributed by atoms with Crippen molar-refractivity contribution in [2.24, 2.45) is 0 Å². The average Bonchev–Trinajstić information content (AvgIpc) is 2.99. The van der Waals surface area contributed by atoms with Crippen molar-refractivity contribution in [3.8, 4) is 6.07 Å². The number of nitriles is 1. The Bertz CT molecular complexity index is 1110. The van der Waals surface area contributed by atoms with Crippen molar-refractivity contribution < 1.29 is 4.79 Å². The zero-order chi connectivity index (χ0) is 19.6. The Labute approximate surface area is 164 Å². The number of fused-ring (bicyclic) bond motifs is 1. The molecule has 0 aliphatic heterocycles. The number of hydrogen-bond donors (Lipinski definition) is 1. The van der Waals surface area contributed by atoms with E-state index in [2.05, 4.69) is 21.5 Å². The van der Waals surface area contributed by atoms with Crippen molar-refractivity contribution in [3.63, 3.8) is 0 Å². The summed E-state index contributed by atoms with van der Waals surface area (Å²) in [5.41, 5.74) is 0.718. The van der Waals surface area contributed by atoms with Gasteiger partial charge in [0.1, 0.15) is 0 Å². The van der Waals surface area contributed by atoms with Gasteiger partial charge in [-0.2, -0.15) is 10.4 Å². The van der Waals surface area contributed by atoms with Gasteiger partial charge in [0.2, 0.25) is 0 Å². The minimum atomic E-state index is -0.425. The van der Waals surface area contributed by atoms with Crippen molar-refractivity contribution in [1.29, 1.82) is 5.26 Å². The van der Waals surface area contributed by atoms with Crippen LogP contribution in [0.25, 0.3) is 10.8 Å². The van der Waals surface area contributed by atoms with Crippen LogP contribution < -0.4 is 10.9 Å². The summed E-state index contributed by atoms with van der Waals surface area (Å²) < 4.78 is 2.20. The molecule has 0 saturated heterocycles. The van der Waals surface area contributed by atoms with Crippen LogP contribution in [0.2, 0.25) is 0 Å². The van der Waals surface area contributed by atoms with Gasteiger partial charge in [0.25, 0.3) is 11.5 Å². The third-order valence-electron chi connectivity index (χ3n) is 3.77. The largest absolute Gasteiger partial charge is 0.296 e. The standard InChI is InChI=1S/C18H17N5O2S2/c1-10(2)23-16(25)13-7-5-4-6-12(13)14(22-23)15(24)21-18-20-11(3)17(27-18)26-9-8-19/h4-7,10H,9H2,1-3H3,(H,20,21,24). The van der Waals surface area contributed by atoms with Gasteiger partial charge in [0.15, 0.2) is 10.8 Å². The second kappa shape index (κ2) is 7.90. The predicted molar refractivity (Wildman–Crippen MR) is 108 cm³/mol. The fraction of sp³-hybridized carbons (Fsp3) is 0.278. The van der Waals surface area contributed by atoms with E-state index in [0.29, 0.717) is 21.7 Å². The molecule has 27 heavy (non-hydrogen) atoms. The SMILES string of the molecule is Cc1nc(NC(=O)c2nn(C(C)C)c(=O)c3ccccc23)sc1SCC#N. The van der Waals surface area contributed by atoms with Gasteiger partial charge in [-0.15, -0.1) is 0 Å². The molecule has 0 radical (unpaired) electrons. The summed E-state index contributed by atoms with van der Waals surface area (Å²) >= 11 is 2.70. The summed E-state index contributed by atoms with van der Waals surface area (Å²) in [6.45, 7) is 5.51. The first-order valence-corrected chi connectivity index (χ1v) is 10.0. The van der Waals surface area contributed by atoms with Crippen molar-refractivity contribution in [2.45, 2.75) is 31.0 Å². The second-order valence-corrected chi connectivity index (χ2v) is 8.27. The molecule has 9 heteroatoms. The van der Waals surface area contributed by atoms with Crippen LogP contribution in [0.4, 0.5) is 5.13 Å². The maximum absolute atomic E-state index is 12.9. The maximum atomic E-state index is 12.9. The van der Waals surface area contributed by atoms with Gasteiger partial charge in [-0.05, 0) is 26.8 Å². The first kappa shape index (κ1) is 19.1. The molecule has 1 N–H and O–H groups in total. The molecular formula is C18H17N5O2S2. The summed E-state index contributed by atoms with van der Waals surface area (Å²) in [6, 6.07) is 8.83. The van der Waals surface area contributed by atoms with E-state index in [9.17, 15) is 9.59 Å². The Morgan fingerprint density at radius 3 is 2.74 bits per heavy atom. The number of aromatic nitrogens is 3. The average molecular weight is 400 g/mol. The van der Waals surface area contributed by atoms with Crippen LogP contribution in [0.5, 0.6) is 0 Å². The van der Waals surface area contributed by atoms with Crippen LogP contribution in [-0.4, -0.2) is 26.4 Å². The molecule has 0 atom stereocenters. The molecule has 0 fully saturated rings. The number of thioether (sulfide) groups is 1. The molecule has 0 spiro atoms. The molecule has 0 aliphatic rings. The third-order valence-corrected chi connectivity index (χ3v) is 6.08. The lowest BCUT2D eigenvalue weighted by atomic mass is 10.1. The second-order valence-electron chi connectivity index (χ2n) is 6.03. The smallest absolute Gasteiger partial charge is 0.278 e. The van der Waals surface area contributed by atoms with E-state index in [1.165, 1.54) is 27.8 Å². The zero-order valence-electron chi connectivity index (χ0n) is 15.0. The lowest BCUT2D eigenvalue weighted by Crippen LogP contribution is -2.28. The lowest BCUT2D eigenvalue weighted by molar-refractivity contribution is 0.102. The van der Waals surface area contributed by atoms with Crippen molar-refractivity contribution in [1.82, 2.24) is 14.8 Å². The third kappa shape index (κ3) is 3.86. The van der Waals surface area contributed by atoms with Crippen LogP contribution >= 0.6 is 23.1 Å². The molecule has 2 aromatic heterocycles. The number of amides is 1. The van der Waals surface area contributed by atoms with Crippen molar-refractivity contribution >= 4 is 44.9 Å². The molecule has 2 heterocycles. The zero-order valence-corrected chi connectivity index (χ0v) is 16.6. The number of aryl methyl sites for hydroxylation is 1. The Balaban J connectivity index is 2.00. The highest BCUT2D eigenvalue weighted by molar-refractivity contribution is 8.01. The van der Waals surface area contributed by atoms with E-state index in [1.807, 2.05) is 20.8 Å². The van der Waals surface area contributed by atoms with Crippen LogP contribution in [-0.2, 0) is 0 Å². The van der Waals surface area contributed by atoms with Crippen LogP contribution in [0, 0.1) is 18.3 Å². The van der Waals surface area contributed by atoms with Gasteiger partial charge in [-0.3, -0.25) is 14.9 Å². The highest BCUT2D eigenvalue weighted by Crippen LogP contribution is 2.32. The number of rotatable bonds is 5. The fourth-order valence-corrected chi connectivity index (χ4v) is 4.34. The molecule has 0 unspecified atom stereocenters. The van der Waals surface area contributed by atoms with Gasteiger partial charge in [0, 0.05) is 5.39 Å². The number of nitrogens with zero attached hydrogens (tertiary/aromatic N) is 4. The molecule has 1 amide bonds. The number of carbonyl (C=O) groups excluding carboxylic acids is 1. The summed E-state index contributed by atoms with van der Waals surface area (Å²) in [5, 5.41) is 17.2. The number of nitrogens with one attached hydrogen (secondary N) is 1. The van der Waals surface area contributed by atoms with E-state index in [1.54, 1.807) is 24.3 Å². The molecule has 3 aromatic rings. The molecular weight excluding hydrogens is 382 g/mol. The Hall–Kier alpha value is -2.70. The van der Waals surface area contributed by atoms with E-state index in [-0.39, 0.29) is 17.3 Å². The highest BCUT2D eigenvalue weighted by atomic mass is 32.2.